The van der Waals surface area contributed by atoms with E-state index in [0.29, 0.717) is 54.3 Å². The normalized spacial score (nSPS) is 41.3. The number of esters is 1. The van der Waals surface area contributed by atoms with Gasteiger partial charge in [0.05, 0.1) is 18.8 Å². The number of carbonyl (C=O) groups excluding carboxylic acids is 1. The smallest absolute Gasteiger partial charge is 0.338 e. The zero-order valence-corrected chi connectivity index (χ0v) is 23.9. The summed E-state index contributed by atoms with van der Waals surface area (Å²) in [6.45, 7) is 8.59. The van der Waals surface area contributed by atoms with Gasteiger partial charge in [-0.25, -0.2) is 4.79 Å². The molecule has 5 aliphatic rings. The number of carboxylic acid groups (broad SMARTS) is 1. The third kappa shape index (κ3) is 4.64. The van der Waals surface area contributed by atoms with Gasteiger partial charge in [0.1, 0.15) is 6.10 Å². The number of fused-ring (bicyclic) bond motifs is 5. The largest absolute Gasteiger partial charge is 0.481 e. The summed E-state index contributed by atoms with van der Waals surface area (Å²) in [6.07, 6.45) is 9.31. The lowest BCUT2D eigenvalue weighted by Crippen LogP contribution is -2.60. The summed E-state index contributed by atoms with van der Waals surface area (Å²) in [7, 11) is 0. The molecule has 9 atom stereocenters. The van der Waals surface area contributed by atoms with Gasteiger partial charge in [-0.3, -0.25) is 4.79 Å². The van der Waals surface area contributed by atoms with Crippen LogP contribution in [0.15, 0.2) is 30.3 Å². The molecule has 0 bridgehead atoms. The zero-order chi connectivity index (χ0) is 27.4. The number of hydrogen-bond donors (Lipinski definition) is 1. The van der Waals surface area contributed by atoms with Crippen molar-refractivity contribution in [3.8, 4) is 0 Å². The van der Waals surface area contributed by atoms with Crippen LogP contribution in [-0.2, 0) is 19.0 Å². The Morgan fingerprint density at radius 1 is 1.00 bits per heavy atom. The number of carbonyl (C=O) groups is 2. The monoisotopic (exact) mass is 538 g/mol. The minimum atomic E-state index is -0.699. The Balaban J connectivity index is 1.31. The van der Waals surface area contributed by atoms with Gasteiger partial charge in [0, 0.05) is 25.2 Å². The first-order valence-electron chi connectivity index (χ1n) is 15.4. The van der Waals surface area contributed by atoms with Crippen LogP contribution in [-0.4, -0.2) is 42.1 Å². The van der Waals surface area contributed by atoms with E-state index in [1.54, 1.807) is 0 Å². The van der Waals surface area contributed by atoms with Crippen LogP contribution in [0.4, 0.5) is 0 Å². The Morgan fingerprint density at radius 3 is 2.44 bits per heavy atom. The highest BCUT2D eigenvalue weighted by molar-refractivity contribution is 5.89. The minimum Gasteiger partial charge on any atom is -0.481 e. The Labute approximate surface area is 233 Å². The molecule has 3 unspecified atom stereocenters. The fourth-order valence-electron chi connectivity index (χ4n) is 10.3. The molecule has 5 fully saturated rings. The fraction of sp³-hybridized carbons (Fsp3) is 0.758. The van der Waals surface area contributed by atoms with Crippen LogP contribution in [0.2, 0.25) is 0 Å². The van der Waals surface area contributed by atoms with Crippen molar-refractivity contribution in [2.75, 3.05) is 13.2 Å². The second kappa shape index (κ2) is 10.2. The average molecular weight is 539 g/mol. The highest BCUT2D eigenvalue weighted by Gasteiger charge is 2.65. The van der Waals surface area contributed by atoms with Crippen molar-refractivity contribution in [1.29, 1.82) is 0 Å². The second-order valence-corrected chi connectivity index (χ2v) is 14.0. The third-order valence-corrected chi connectivity index (χ3v) is 12.3. The second-order valence-electron chi connectivity index (χ2n) is 14.0. The molecule has 1 aromatic rings. The van der Waals surface area contributed by atoms with E-state index < -0.39 is 11.8 Å². The molecule has 6 nitrogen and oxygen atoms in total. The lowest BCUT2D eigenvalue weighted by atomic mass is 9.43. The van der Waals surface area contributed by atoms with Crippen LogP contribution >= 0.6 is 0 Å². The van der Waals surface area contributed by atoms with Gasteiger partial charge in [-0.15, -0.1) is 0 Å². The summed E-state index contributed by atoms with van der Waals surface area (Å²) in [6, 6.07) is 9.43. The fourth-order valence-corrected chi connectivity index (χ4v) is 10.3. The molecular formula is C33H46O6. The Morgan fingerprint density at radius 2 is 1.72 bits per heavy atom. The van der Waals surface area contributed by atoms with Crippen molar-refractivity contribution in [2.24, 2.45) is 46.3 Å². The van der Waals surface area contributed by atoms with Crippen LogP contribution in [0.3, 0.4) is 0 Å². The molecule has 0 amide bonds. The molecule has 1 aliphatic heterocycles. The lowest BCUT2D eigenvalue weighted by Gasteiger charge is -2.63. The molecule has 39 heavy (non-hydrogen) atoms. The molecule has 0 aromatic heterocycles. The maximum Gasteiger partial charge on any atom is 0.338 e. The van der Waals surface area contributed by atoms with Crippen molar-refractivity contribution >= 4 is 11.9 Å². The Kier molecular flexibility index (Phi) is 7.11. The standard InChI is InChI=1S/C33H46O6/c1-21(9-12-28(34)35)24-10-11-25-29-26(13-14-32(24,25)3)31(2)15-16-33(37-17-18-38-33)20-23(31)19-27(29)39-30(36)22-7-5-4-6-8-22/h4-8,21,23-27,29H,9-20H2,1-3H3,(H,34,35)/t21-,23+,24-,25?,26?,27-,29?,31+,32-/m1/s1. The Bertz CT molecular complexity index is 1070. The van der Waals surface area contributed by atoms with Crippen LogP contribution in [0.5, 0.6) is 0 Å². The lowest BCUT2D eigenvalue weighted by molar-refractivity contribution is -0.242. The predicted molar refractivity (Wildman–Crippen MR) is 147 cm³/mol. The molecular weight excluding hydrogens is 492 g/mol. The van der Waals surface area contributed by atoms with E-state index in [9.17, 15) is 14.7 Å². The van der Waals surface area contributed by atoms with E-state index in [4.69, 9.17) is 14.2 Å². The van der Waals surface area contributed by atoms with Crippen molar-refractivity contribution in [1.82, 2.24) is 0 Å². The van der Waals surface area contributed by atoms with Gasteiger partial charge in [0.2, 0.25) is 0 Å². The molecule has 0 radical (unpaired) electrons. The summed E-state index contributed by atoms with van der Waals surface area (Å²) in [5.41, 5.74) is 0.970. The first-order valence-corrected chi connectivity index (χ1v) is 15.4. The number of ether oxygens (including phenoxy) is 3. The van der Waals surface area contributed by atoms with Crippen LogP contribution < -0.4 is 0 Å². The van der Waals surface area contributed by atoms with Crippen molar-refractivity contribution in [2.45, 2.75) is 96.9 Å². The number of aliphatic carboxylic acids is 1. The molecule has 1 saturated heterocycles. The topological polar surface area (TPSA) is 82.1 Å². The van der Waals surface area contributed by atoms with E-state index in [0.717, 1.165) is 51.4 Å². The molecule has 1 spiro atoms. The molecule has 1 N–H and O–H groups in total. The van der Waals surface area contributed by atoms with E-state index in [1.165, 1.54) is 6.42 Å². The van der Waals surface area contributed by atoms with Gasteiger partial charge in [-0.05, 0) is 97.5 Å². The molecule has 214 valence electrons. The van der Waals surface area contributed by atoms with Gasteiger partial charge in [-0.1, -0.05) is 39.0 Å². The molecule has 1 aromatic carbocycles. The molecule has 4 saturated carbocycles. The first kappa shape index (κ1) is 27.3. The number of hydrogen-bond acceptors (Lipinski definition) is 5. The van der Waals surface area contributed by atoms with E-state index in [1.807, 2.05) is 30.3 Å². The van der Waals surface area contributed by atoms with Crippen LogP contribution in [0.1, 0.15) is 95.3 Å². The summed E-state index contributed by atoms with van der Waals surface area (Å²) in [4.78, 5) is 24.8. The summed E-state index contributed by atoms with van der Waals surface area (Å²) in [5, 5.41) is 9.32. The highest BCUT2D eigenvalue weighted by atomic mass is 16.7. The quantitative estimate of drug-likeness (QED) is 0.405. The molecule has 4 aliphatic carbocycles. The van der Waals surface area contributed by atoms with Crippen LogP contribution in [0, 0.1) is 46.3 Å². The molecule has 6 heteroatoms. The van der Waals surface area contributed by atoms with E-state index >= 15 is 0 Å². The maximum absolute atomic E-state index is 13.4. The number of carboxylic acids is 1. The molecule has 1 heterocycles. The summed E-state index contributed by atoms with van der Waals surface area (Å²) >= 11 is 0. The van der Waals surface area contributed by atoms with Gasteiger partial charge < -0.3 is 19.3 Å². The van der Waals surface area contributed by atoms with Crippen molar-refractivity contribution in [3.63, 3.8) is 0 Å². The van der Waals surface area contributed by atoms with Gasteiger partial charge in [0.15, 0.2) is 5.79 Å². The highest BCUT2D eigenvalue weighted by Crippen LogP contribution is 2.69. The van der Waals surface area contributed by atoms with E-state index in [-0.39, 0.29) is 29.3 Å². The van der Waals surface area contributed by atoms with Gasteiger partial charge >= 0.3 is 11.9 Å². The number of rotatable bonds is 6. The zero-order valence-electron chi connectivity index (χ0n) is 23.9. The molecule has 6 rings (SSSR count). The minimum absolute atomic E-state index is 0.116. The predicted octanol–water partition coefficient (Wildman–Crippen LogP) is 6.72. The van der Waals surface area contributed by atoms with Crippen molar-refractivity contribution in [3.05, 3.63) is 35.9 Å². The first-order chi connectivity index (χ1) is 18.7. The third-order valence-electron chi connectivity index (χ3n) is 12.3. The van der Waals surface area contributed by atoms with Gasteiger partial charge in [0.25, 0.3) is 0 Å². The number of benzene rings is 1. The maximum atomic E-state index is 13.4. The summed E-state index contributed by atoms with van der Waals surface area (Å²) in [5.74, 6) is 1.29. The Hall–Kier alpha value is -1.92. The summed E-state index contributed by atoms with van der Waals surface area (Å²) < 4.78 is 18.9. The van der Waals surface area contributed by atoms with Crippen LogP contribution in [0.25, 0.3) is 0 Å². The van der Waals surface area contributed by atoms with Gasteiger partial charge in [-0.2, -0.15) is 0 Å². The SMILES string of the molecule is C[C@H](CCC(=O)O)[C@H]1CCC2C3C(CC[C@@]21C)[C@@]1(C)CCC2(C[C@@H]1C[C@H]3OC(=O)c1ccccc1)OCCO2. The van der Waals surface area contributed by atoms with E-state index in [2.05, 4.69) is 20.8 Å². The van der Waals surface area contributed by atoms with Crippen molar-refractivity contribution < 1.29 is 28.9 Å². The average Bonchev–Trinajstić information content (AvgIpc) is 3.52.